The summed E-state index contributed by atoms with van der Waals surface area (Å²) < 4.78 is 5.02. The van der Waals surface area contributed by atoms with E-state index in [9.17, 15) is 0 Å². The summed E-state index contributed by atoms with van der Waals surface area (Å²) in [6, 6.07) is 73.7. The van der Waals surface area contributed by atoms with Crippen molar-refractivity contribution in [3.8, 4) is 16.8 Å². The highest BCUT2D eigenvalue weighted by atomic mass is 32.1. The number of fused-ring (bicyclic) bond motifs is 6. The first kappa shape index (κ1) is 29.7. The monoisotopic (exact) mass is 667 g/mol. The third kappa shape index (κ3) is 4.68. The van der Waals surface area contributed by atoms with Crippen LogP contribution in [-0.4, -0.2) is 4.57 Å². The second kappa shape index (κ2) is 12.0. The minimum Gasteiger partial charge on any atom is -0.309 e. The third-order valence-electron chi connectivity index (χ3n) is 10.6. The zero-order valence-corrected chi connectivity index (χ0v) is 28.7. The van der Waals surface area contributed by atoms with Gasteiger partial charge in [0.15, 0.2) is 0 Å². The molecule has 0 radical (unpaired) electrons. The fraction of sp³-hybridized carbons (Fsp3) is 0.0204. The molecule has 0 saturated carbocycles. The predicted octanol–water partition coefficient (Wildman–Crippen LogP) is 13.2. The van der Waals surface area contributed by atoms with Crippen LogP contribution in [0.15, 0.2) is 200 Å². The van der Waals surface area contributed by atoms with Crippen molar-refractivity contribution in [1.29, 1.82) is 0 Å². The second-order valence-corrected chi connectivity index (χ2v) is 14.4. The summed E-state index contributed by atoms with van der Waals surface area (Å²) in [6.45, 7) is 0. The van der Waals surface area contributed by atoms with E-state index in [-0.39, 0.29) is 0 Å². The van der Waals surface area contributed by atoms with Crippen molar-refractivity contribution in [3.05, 3.63) is 222 Å². The maximum atomic E-state index is 2.46. The lowest BCUT2D eigenvalue weighted by molar-refractivity contribution is 0.748. The predicted molar refractivity (Wildman–Crippen MR) is 217 cm³/mol. The number of nitrogens with zero attached hydrogens (tertiary/aromatic N) is 1. The first-order valence-corrected chi connectivity index (χ1v) is 18.3. The molecule has 0 bridgehead atoms. The molecule has 8 aromatic carbocycles. The summed E-state index contributed by atoms with van der Waals surface area (Å²) in [5.41, 5.74) is 10.4. The lowest BCUT2D eigenvalue weighted by Gasteiger charge is -2.37. The van der Waals surface area contributed by atoms with E-state index in [1.165, 1.54) is 75.4 Å². The molecule has 0 aliphatic rings. The molecule has 0 fully saturated rings. The Kier molecular flexibility index (Phi) is 6.97. The molecule has 1 unspecified atom stereocenters. The number of benzene rings is 8. The van der Waals surface area contributed by atoms with Gasteiger partial charge in [-0.25, -0.2) is 0 Å². The summed E-state index contributed by atoms with van der Waals surface area (Å²) in [4.78, 5) is 0. The Bertz CT molecular complexity index is 2830. The van der Waals surface area contributed by atoms with Crippen LogP contribution in [0.4, 0.5) is 0 Å². The molecule has 10 aromatic rings. The van der Waals surface area contributed by atoms with Crippen LogP contribution in [0.2, 0.25) is 0 Å². The third-order valence-corrected chi connectivity index (χ3v) is 11.7. The molecule has 2 heterocycles. The molecular weight excluding hydrogens is 635 g/mol. The van der Waals surface area contributed by atoms with E-state index in [0.29, 0.717) is 0 Å². The Morgan fingerprint density at radius 1 is 0.333 bits per heavy atom. The molecule has 1 nitrogen and oxygen atoms in total. The van der Waals surface area contributed by atoms with E-state index in [1.807, 2.05) is 11.3 Å². The van der Waals surface area contributed by atoms with E-state index in [0.717, 1.165) is 5.69 Å². The highest BCUT2D eigenvalue weighted by Gasteiger charge is 2.39. The number of rotatable bonds is 6. The van der Waals surface area contributed by atoms with Gasteiger partial charge in [-0.3, -0.25) is 0 Å². The van der Waals surface area contributed by atoms with Gasteiger partial charge in [-0.2, -0.15) is 0 Å². The van der Waals surface area contributed by atoms with Gasteiger partial charge in [0, 0.05) is 36.6 Å². The van der Waals surface area contributed by atoms with E-state index in [4.69, 9.17) is 0 Å². The average Bonchev–Trinajstić information content (AvgIpc) is 3.75. The number of hydrogen-bond acceptors (Lipinski definition) is 1. The van der Waals surface area contributed by atoms with E-state index in [2.05, 4.69) is 205 Å². The Hall–Kier alpha value is -6.22. The van der Waals surface area contributed by atoms with Crippen molar-refractivity contribution in [2.24, 2.45) is 0 Å². The molecular formula is C49H33NS. The molecule has 1 atom stereocenters. The maximum Gasteiger partial charge on any atom is 0.0702 e. The van der Waals surface area contributed by atoms with Crippen molar-refractivity contribution in [3.63, 3.8) is 0 Å². The SMILES string of the molecule is c1ccc(-c2ccc(C(c3ccccc3)(c3ccc4sc5ccccc5c4c3)c3ccc4c(c3)c3ccccc3n4-c3ccccc3)cc2)cc1. The van der Waals surface area contributed by atoms with Gasteiger partial charge in [0.05, 0.1) is 16.4 Å². The minimum absolute atomic E-state index is 0.599. The van der Waals surface area contributed by atoms with Crippen LogP contribution in [0, 0.1) is 0 Å². The Balaban J connectivity index is 1.31. The smallest absolute Gasteiger partial charge is 0.0702 e. The van der Waals surface area contributed by atoms with Gasteiger partial charge < -0.3 is 4.57 Å². The number of para-hydroxylation sites is 2. The molecule has 2 aromatic heterocycles. The highest BCUT2D eigenvalue weighted by molar-refractivity contribution is 7.25. The van der Waals surface area contributed by atoms with Crippen molar-refractivity contribution < 1.29 is 0 Å². The van der Waals surface area contributed by atoms with Crippen LogP contribution < -0.4 is 0 Å². The van der Waals surface area contributed by atoms with Gasteiger partial charge in [-0.1, -0.05) is 152 Å². The van der Waals surface area contributed by atoms with E-state index in [1.54, 1.807) is 0 Å². The molecule has 2 heteroatoms. The van der Waals surface area contributed by atoms with Crippen LogP contribution in [0.5, 0.6) is 0 Å². The van der Waals surface area contributed by atoms with Crippen LogP contribution in [0.25, 0.3) is 58.8 Å². The van der Waals surface area contributed by atoms with Crippen molar-refractivity contribution in [1.82, 2.24) is 4.57 Å². The van der Waals surface area contributed by atoms with Gasteiger partial charge in [-0.05, 0) is 81.9 Å². The Morgan fingerprint density at radius 2 is 0.843 bits per heavy atom. The van der Waals surface area contributed by atoms with Crippen LogP contribution in [-0.2, 0) is 5.41 Å². The molecule has 0 saturated heterocycles. The number of hydrogen-bond donors (Lipinski definition) is 0. The van der Waals surface area contributed by atoms with Gasteiger partial charge in [0.25, 0.3) is 0 Å². The fourth-order valence-electron chi connectivity index (χ4n) is 8.25. The first-order chi connectivity index (χ1) is 25.3. The number of thiophene rings is 1. The van der Waals surface area contributed by atoms with E-state index >= 15 is 0 Å². The normalized spacial score (nSPS) is 12.9. The van der Waals surface area contributed by atoms with E-state index < -0.39 is 5.41 Å². The second-order valence-electron chi connectivity index (χ2n) is 13.3. The quantitative estimate of drug-likeness (QED) is 0.156. The number of aromatic nitrogens is 1. The molecule has 51 heavy (non-hydrogen) atoms. The van der Waals surface area contributed by atoms with Crippen molar-refractivity contribution in [2.45, 2.75) is 5.41 Å². The molecule has 0 spiro atoms. The zero-order chi connectivity index (χ0) is 33.8. The van der Waals surface area contributed by atoms with Crippen LogP contribution >= 0.6 is 11.3 Å². The van der Waals surface area contributed by atoms with Gasteiger partial charge in [-0.15, -0.1) is 11.3 Å². The average molecular weight is 668 g/mol. The Labute approximate surface area is 301 Å². The van der Waals surface area contributed by atoms with Crippen LogP contribution in [0.1, 0.15) is 22.3 Å². The highest BCUT2D eigenvalue weighted by Crippen LogP contribution is 2.49. The van der Waals surface area contributed by atoms with Gasteiger partial charge in [0.1, 0.15) is 0 Å². The summed E-state index contributed by atoms with van der Waals surface area (Å²) in [7, 11) is 0. The summed E-state index contributed by atoms with van der Waals surface area (Å²) >= 11 is 1.87. The summed E-state index contributed by atoms with van der Waals surface area (Å²) in [5, 5.41) is 5.10. The zero-order valence-electron chi connectivity index (χ0n) is 27.9. The van der Waals surface area contributed by atoms with Crippen molar-refractivity contribution in [2.75, 3.05) is 0 Å². The van der Waals surface area contributed by atoms with Gasteiger partial charge >= 0.3 is 0 Å². The summed E-state index contributed by atoms with van der Waals surface area (Å²) in [5.74, 6) is 0. The van der Waals surface area contributed by atoms with Crippen LogP contribution in [0.3, 0.4) is 0 Å². The molecule has 0 aliphatic carbocycles. The lowest BCUT2D eigenvalue weighted by atomic mass is 9.64. The van der Waals surface area contributed by atoms with Gasteiger partial charge in [0.2, 0.25) is 0 Å². The summed E-state index contributed by atoms with van der Waals surface area (Å²) in [6.07, 6.45) is 0. The first-order valence-electron chi connectivity index (χ1n) is 17.5. The fourth-order valence-corrected chi connectivity index (χ4v) is 9.34. The lowest BCUT2D eigenvalue weighted by Crippen LogP contribution is -2.31. The minimum atomic E-state index is -0.599. The molecule has 240 valence electrons. The molecule has 10 rings (SSSR count). The maximum absolute atomic E-state index is 2.46. The molecule has 0 aliphatic heterocycles. The Morgan fingerprint density at radius 3 is 1.61 bits per heavy atom. The molecule has 0 N–H and O–H groups in total. The van der Waals surface area contributed by atoms with Crippen molar-refractivity contribution >= 4 is 53.3 Å². The molecule has 0 amide bonds. The standard InChI is InChI=1S/C49H33NS/c1-4-14-34(15-5-1)35-24-26-37(27-25-35)49(36-16-6-2-7-17-36,39-29-31-48-44(33-39)42-21-11-13-23-47(42)51-48)38-28-30-46-43(32-38)41-20-10-12-22-45(41)50(46)40-18-8-3-9-19-40/h1-33H. The topological polar surface area (TPSA) is 4.93 Å². The largest absolute Gasteiger partial charge is 0.309 e.